The average molecular weight is 254 g/mol. The van der Waals surface area contributed by atoms with E-state index >= 15 is 0 Å². The molecule has 80 valence electrons. The summed E-state index contributed by atoms with van der Waals surface area (Å²) >= 11 is 6.90. The van der Waals surface area contributed by atoms with E-state index < -0.39 is 10.0 Å². The summed E-state index contributed by atoms with van der Waals surface area (Å²) in [7, 11) is -1.75. The summed E-state index contributed by atoms with van der Waals surface area (Å²) in [6.07, 6.45) is 0. The van der Waals surface area contributed by atoms with Crippen LogP contribution in [0, 0.1) is 6.92 Å². The first kappa shape index (κ1) is 12.0. The fraction of sp³-hybridized carbons (Fsp3) is 0.500. The molecule has 0 radical (unpaired) electrons. The number of aryl methyl sites for hydroxylation is 1. The van der Waals surface area contributed by atoms with Gasteiger partial charge in [-0.1, -0.05) is 0 Å². The first-order valence-electron chi connectivity index (χ1n) is 4.00. The molecule has 0 unspecified atom stereocenters. The average Bonchev–Trinajstić information content (AvgIpc) is 2.52. The Morgan fingerprint density at radius 2 is 2.21 bits per heavy atom. The zero-order valence-electron chi connectivity index (χ0n) is 8.03. The number of rotatable bonds is 4. The predicted octanol–water partition coefficient (Wildman–Crippen LogP) is 2.01. The summed E-state index contributed by atoms with van der Waals surface area (Å²) in [6.45, 7) is 2.37. The third-order valence-corrected chi connectivity index (χ3v) is 5.14. The molecule has 0 saturated carbocycles. The normalized spacial score (nSPS) is 12.3. The molecule has 0 fully saturated rings. The third kappa shape index (κ3) is 2.70. The van der Waals surface area contributed by atoms with Crippen molar-refractivity contribution in [2.24, 2.45) is 0 Å². The molecule has 0 amide bonds. The number of thiophene rings is 1. The van der Waals surface area contributed by atoms with Crippen LogP contribution < -0.4 is 0 Å². The van der Waals surface area contributed by atoms with E-state index in [2.05, 4.69) is 0 Å². The molecule has 1 aromatic rings. The summed E-state index contributed by atoms with van der Waals surface area (Å²) in [5.41, 5.74) is 1.12. The van der Waals surface area contributed by atoms with E-state index in [1.54, 1.807) is 11.3 Å². The molecule has 0 bridgehead atoms. The van der Waals surface area contributed by atoms with Crippen molar-refractivity contribution in [3.05, 3.63) is 21.9 Å². The van der Waals surface area contributed by atoms with Gasteiger partial charge >= 0.3 is 0 Å². The highest BCUT2D eigenvalue weighted by atomic mass is 35.5. The Balaban J connectivity index is 2.76. The molecule has 0 spiro atoms. The lowest BCUT2D eigenvalue weighted by Gasteiger charge is -2.14. The van der Waals surface area contributed by atoms with E-state index in [4.69, 9.17) is 11.6 Å². The first-order chi connectivity index (χ1) is 6.47. The quantitative estimate of drug-likeness (QED) is 0.770. The molecule has 1 rings (SSSR count). The summed E-state index contributed by atoms with van der Waals surface area (Å²) in [5.74, 6) is 0. The van der Waals surface area contributed by atoms with Crippen LogP contribution in [0.1, 0.15) is 10.4 Å². The largest absolute Gasteiger partial charge is 0.228 e. The van der Waals surface area contributed by atoms with Crippen LogP contribution >= 0.6 is 22.9 Å². The molecule has 0 atom stereocenters. The van der Waals surface area contributed by atoms with Crippen molar-refractivity contribution in [3.8, 4) is 0 Å². The second-order valence-electron chi connectivity index (χ2n) is 3.00. The van der Waals surface area contributed by atoms with Crippen LogP contribution in [0.3, 0.4) is 0 Å². The van der Waals surface area contributed by atoms with Crippen LogP contribution in [-0.4, -0.2) is 25.0 Å². The van der Waals surface area contributed by atoms with Crippen LogP contribution in [-0.2, 0) is 16.6 Å². The van der Waals surface area contributed by atoms with Crippen LogP contribution in [0.15, 0.2) is 11.4 Å². The summed E-state index contributed by atoms with van der Waals surface area (Å²) in [5, 5.41) is 1.58. The predicted molar refractivity (Wildman–Crippen MR) is 60.2 cm³/mol. The van der Waals surface area contributed by atoms with E-state index in [9.17, 15) is 8.42 Å². The number of hydrogen-bond acceptors (Lipinski definition) is 3. The monoisotopic (exact) mass is 253 g/mol. The van der Waals surface area contributed by atoms with Crippen molar-refractivity contribution in [3.63, 3.8) is 0 Å². The molecule has 0 aromatic carbocycles. The van der Waals surface area contributed by atoms with Gasteiger partial charge in [0.15, 0.2) is 0 Å². The molecule has 1 heterocycles. The van der Waals surface area contributed by atoms with Gasteiger partial charge in [0.2, 0.25) is 10.0 Å². The van der Waals surface area contributed by atoms with Crippen molar-refractivity contribution in [1.82, 2.24) is 4.31 Å². The van der Waals surface area contributed by atoms with Gasteiger partial charge in [-0.3, -0.25) is 0 Å². The van der Waals surface area contributed by atoms with Crippen molar-refractivity contribution in [1.29, 1.82) is 0 Å². The van der Waals surface area contributed by atoms with Gasteiger partial charge < -0.3 is 0 Å². The molecule has 0 aliphatic heterocycles. The Bertz CT molecular complexity index is 399. The minimum atomic E-state index is -3.29. The second-order valence-corrected chi connectivity index (χ2v) is 6.66. The van der Waals surface area contributed by atoms with Crippen LogP contribution in [0.4, 0.5) is 0 Å². The number of sulfonamides is 1. The zero-order valence-corrected chi connectivity index (χ0v) is 10.4. The number of halogens is 1. The highest BCUT2D eigenvalue weighted by Crippen LogP contribution is 2.18. The van der Waals surface area contributed by atoms with E-state index in [1.807, 2.05) is 18.4 Å². The maximum Gasteiger partial charge on any atom is 0.228 e. The highest BCUT2D eigenvalue weighted by molar-refractivity contribution is 7.90. The molecule has 3 nitrogen and oxygen atoms in total. The molecular weight excluding hydrogens is 242 g/mol. The van der Waals surface area contributed by atoms with Crippen molar-refractivity contribution < 1.29 is 8.42 Å². The number of alkyl halides is 1. The van der Waals surface area contributed by atoms with Crippen LogP contribution in [0.5, 0.6) is 0 Å². The fourth-order valence-corrected chi connectivity index (χ4v) is 2.98. The van der Waals surface area contributed by atoms with Gasteiger partial charge in [0, 0.05) is 18.5 Å². The highest BCUT2D eigenvalue weighted by Gasteiger charge is 2.17. The minimum Gasteiger partial charge on any atom is -0.211 e. The third-order valence-electron chi connectivity index (χ3n) is 1.95. The fourth-order valence-electron chi connectivity index (χ4n) is 0.950. The molecule has 0 aliphatic carbocycles. The molecule has 0 saturated heterocycles. The van der Waals surface area contributed by atoms with Gasteiger partial charge in [-0.05, 0) is 23.9 Å². The molecule has 6 heteroatoms. The van der Waals surface area contributed by atoms with Gasteiger partial charge in [0.1, 0.15) is 5.21 Å². The van der Waals surface area contributed by atoms with Crippen LogP contribution in [0.2, 0.25) is 0 Å². The van der Waals surface area contributed by atoms with E-state index in [1.165, 1.54) is 11.4 Å². The zero-order chi connectivity index (χ0) is 10.8. The van der Waals surface area contributed by atoms with Gasteiger partial charge in [-0.2, -0.15) is 4.31 Å². The van der Waals surface area contributed by atoms with Gasteiger partial charge in [-0.25, -0.2) is 8.42 Å². The SMILES string of the molecule is Cc1ccsc1CN(C)S(=O)(=O)CCl. The topological polar surface area (TPSA) is 37.4 Å². The Kier molecular flexibility index (Phi) is 3.94. The van der Waals surface area contributed by atoms with E-state index in [0.29, 0.717) is 6.54 Å². The maximum absolute atomic E-state index is 11.3. The Hall–Kier alpha value is -0.100. The van der Waals surface area contributed by atoms with Crippen molar-refractivity contribution in [2.45, 2.75) is 13.5 Å². The lowest BCUT2D eigenvalue weighted by atomic mass is 10.3. The smallest absolute Gasteiger partial charge is 0.211 e. The standard InChI is InChI=1S/C8H12ClNO2S2/c1-7-3-4-13-8(7)5-10(2)14(11,12)6-9/h3-4H,5-6H2,1-2H3. The molecule has 14 heavy (non-hydrogen) atoms. The van der Waals surface area contributed by atoms with E-state index in [0.717, 1.165) is 10.4 Å². The summed E-state index contributed by atoms with van der Waals surface area (Å²) in [6, 6.07) is 1.97. The second kappa shape index (κ2) is 4.61. The van der Waals surface area contributed by atoms with Gasteiger partial charge in [-0.15, -0.1) is 22.9 Å². The lowest BCUT2D eigenvalue weighted by Crippen LogP contribution is -2.27. The number of nitrogens with zero attached hydrogens (tertiary/aromatic N) is 1. The summed E-state index contributed by atoms with van der Waals surface area (Å²) < 4.78 is 23.9. The van der Waals surface area contributed by atoms with Crippen molar-refractivity contribution in [2.75, 3.05) is 12.3 Å². The van der Waals surface area contributed by atoms with Crippen LogP contribution in [0.25, 0.3) is 0 Å². The molecular formula is C8H12ClNO2S2. The molecule has 0 aliphatic rings. The van der Waals surface area contributed by atoms with Gasteiger partial charge in [0.25, 0.3) is 0 Å². The maximum atomic E-state index is 11.3. The van der Waals surface area contributed by atoms with E-state index in [-0.39, 0.29) is 5.21 Å². The van der Waals surface area contributed by atoms with Gasteiger partial charge in [0.05, 0.1) is 0 Å². The lowest BCUT2D eigenvalue weighted by molar-refractivity contribution is 0.473. The first-order valence-corrected chi connectivity index (χ1v) is 7.02. The Morgan fingerprint density at radius 1 is 1.57 bits per heavy atom. The minimum absolute atomic E-state index is 0.367. The molecule has 1 aromatic heterocycles. The van der Waals surface area contributed by atoms with Crippen molar-refractivity contribution >= 4 is 33.0 Å². The molecule has 0 N–H and O–H groups in total. The number of hydrogen-bond donors (Lipinski definition) is 0. The Labute approximate surface area is 93.4 Å². The summed E-state index contributed by atoms with van der Waals surface area (Å²) in [4.78, 5) is 1.06. The Morgan fingerprint density at radius 3 is 2.64 bits per heavy atom.